The number of phosphoric ester groups is 1. The average Bonchev–Trinajstić information content (AvgIpc) is 3.35. The molecule has 0 aliphatic heterocycles. The first kappa shape index (κ1) is 67.2. The summed E-state index contributed by atoms with van der Waals surface area (Å²) in [6.07, 6.45) is 56.1. The Labute approximate surface area is 427 Å². The van der Waals surface area contributed by atoms with Gasteiger partial charge < -0.3 is 24.2 Å². The van der Waals surface area contributed by atoms with Crippen molar-refractivity contribution in [1.29, 1.82) is 0 Å². The first-order valence-corrected chi connectivity index (χ1v) is 29.7. The van der Waals surface area contributed by atoms with Crippen molar-refractivity contribution in [2.45, 2.75) is 264 Å². The molecule has 0 saturated carbocycles. The summed E-state index contributed by atoms with van der Waals surface area (Å²) >= 11 is 0. The van der Waals surface area contributed by atoms with Crippen LogP contribution in [0.15, 0.2) is 60.8 Å². The first-order valence-electron chi connectivity index (χ1n) is 28.2. The molecule has 70 heavy (non-hydrogen) atoms. The van der Waals surface area contributed by atoms with Crippen LogP contribution in [0.1, 0.15) is 252 Å². The van der Waals surface area contributed by atoms with Gasteiger partial charge in [0.05, 0.1) is 19.8 Å². The van der Waals surface area contributed by atoms with E-state index in [0.717, 1.165) is 109 Å². The van der Waals surface area contributed by atoms with Gasteiger partial charge in [0.1, 0.15) is 12.7 Å². The highest BCUT2D eigenvalue weighted by Gasteiger charge is 2.28. The number of carbonyl (C=O) groups is 3. The molecular formula is C58H103O11P. The zero-order chi connectivity index (χ0) is 51.3. The topological polar surface area (TPSA) is 155 Å². The molecule has 0 heterocycles. The van der Waals surface area contributed by atoms with Gasteiger partial charge in [0, 0.05) is 19.3 Å². The molecule has 2 N–H and O–H groups in total. The summed E-state index contributed by atoms with van der Waals surface area (Å²) in [6, 6.07) is 0. The van der Waals surface area contributed by atoms with Crippen molar-refractivity contribution in [3.8, 4) is 0 Å². The van der Waals surface area contributed by atoms with E-state index >= 15 is 0 Å². The van der Waals surface area contributed by atoms with Crippen molar-refractivity contribution in [3.05, 3.63) is 60.8 Å². The Balaban J connectivity index is 4.76. The van der Waals surface area contributed by atoms with Gasteiger partial charge in [-0.25, -0.2) is 4.57 Å². The molecule has 406 valence electrons. The molecule has 11 nitrogen and oxygen atoms in total. The van der Waals surface area contributed by atoms with Crippen LogP contribution in [0.2, 0.25) is 0 Å². The van der Waals surface area contributed by atoms with Crippen LogP contribution in [-0.4, -0.2) is 66.5 Å². The summed E-state index contributed by atoms with van der Waals surface area (Å²) < 4.78 is 39.4. The number of ether oxygens (including phenoxy) is 3. The molecule has 0 spiro atoms. The molecule has 0 aromatic rings. The number of hydrogen-bond donors (Lipinski definition) is 2. The number of unbranched alkanes of at least 4 members (excludes halogenated alkanes) is 25. The lowest BCUT2D eigenvalue weighted by atomic mass is 10.0. The van der Waals surface area contributed by atoms with Crippen molar-refractivity contribution < 1.29 is 52.2 Å². The van der Waals surface area contributed by atoms with Crippen molar-refractivity contribution in [1.82, 2.24) is 0 Å². The minimum atomic E-state index is -4.75. The third kappa shape index (κ3) is 50.1. The van der Waals surface area contributed by atoms with Gasteiger partial charge in [-0.1, -0.05) is 216 Å². The number of aliphatic hydroxyl groups excluding tert-OH is 1. The molecule has 0 amide bonds. The zero-order valence-corrected chi connectivity index (χ0v) is 45.6. The lowest BCUT2D eigenvalue weighted by molar-refractivity contribution is -0.161. The van der Waals surface area contributed by atoms with Gasteiger partial charge in [-0.3, -0.25) is 23.4 Å². The highest BCUT2D eigenvalue weighted by molar-refractivity contribution is 7.47. The molecule has 0 saturated heterocycles. The Morgan fingerprint density at radius 2 is 0.757 bits per heavy atom. The monoisotopic (exact) mass is 1010 g/mol. The van der Waals surface area contributed by atoms with Crippen LogP contribution in [-0.2, 0) is 42.2 Å². The van der Waals surface area contributed by atoms with E-state index in [9.17, 15) is 28.9 Å². The second-order valence-corrected chi connectivity index (χ2v) is 20.2. The fraction of sp³-hybridized carbons (Fsp3) is 0.776. The highest BCUT2D eigenvalue weighted by atomic mass is 31.2. The molecule has 0 aliphatic rings. The van der Waals surface area contributed by atoms with E-state index in [1.54, 1.807) is 0 Å². The van der Waals surface area contributed by atoms with Crippen LogP contribution in [0, 0.1) is 0 Å². The van der Waals surface area contributed by atoms with E-state index in [-0.39, 0.29) is 25.9 Å². The van der Waals surface area contributed by atoms with Gasteiger partial charge in [0.2, 0.25) is 0 Å². The Kier molecular flexibility index (Phi) is 50.4. The fourth-order valence-electron chi connectivity index (χ4n) is 7.62. The SMILES string of the molecule is CC/C=C\C/C=C\C/C=C\C/C=C\CCCCCCC(=O)OCC(COP(=O)(O)OCC(CO)OC(=O)CCCCCCC/C=C\CCCC)OC(=O)CCCCCCCCCCCCCCCCC. The van der Waals surface area contributed by atoms with Gasteiger partial charge in [0.25, 0.3) is 0 Å². The second-order valence-electron chi connectivity index (χ2n) is 18.7. The minimum absolute atomic E-state index is 0.164. The molecule has 0 aromatic carbocycles. The third-order valence-electron chi connectivity index (χ3n) is 11.9. The maximum Gasteiger partial charge on any atom is 0.472 e. The summed E-state index contributed by atoms with van der Waals surface area (Å²) in [7, 11) is -4.75. The van der Waals surface area contributed by atoms with Gasteiger partial charge >= 0.3 is 25.7 Å². The lowest BCUT2D eigenvalue weighted by Crippen LogP contribution is -2.30. The van der Waals surface area contributed by atoms with E-state index < -0.39 is 57.8 Å². The Morgan fingerprint density at radius 3 is 1.20 bits per heavy atom. The molecule has 12 heteroatoms. The maximum absolute atomic E-state index is 12.9. The number of aliphatic hydroxyl groups is 1. The number of esters is 3. The lowest BCUT2D eigenvalue weighted by Gasteiger charge is -2.21. The van der Waals surface area contributed by atoms with E-state index in [1.165, 1.54) is 83.5 Å². The predicted octanol–water partition coefficient (Wildman–Crippen LogP) is 16.4. The summed E-state index contributed by atoms with van der Waals surface area (Å²) in [5.74, 6) is -1.49. The second kappa shape index (κ2) is 52.5. The van der Waals surface area contributed by atoms with Crippen LogP contribution in [0.25, 0.3) is 0 Å². The molecule has 0 rings (SSSR count). The zero-order valence-electron chi connectivity index (χ0n) is 44.7. The maximum atomic E-state index is 12.9. The van der Waals surface area contributed by atoms with E-state index in [2.05, 4.69) is 81.5 Å². The van der Waals surface area contributed by atoms with Crippen molar-refractivity contribution >= 4 is 25.7 Å². The van der Waals surface area contributed by atoms with E-state index in [4.69, 9.17) is 23.3 Å². The normalized spacial score (nSPS) is 13.8. The molecule has 3 unspecified atom stereocenters. The Hall–Kier alpha value is -2.82. The van der Waals surface area contributed by atoms with Crippen molar-refractivity contribution in [2.75, 3.05) is 26.4 Å². The first-order chi connectivity index (χ1) is 34.2. The van der Waals surface area contributed by atoms with Crippen LogP contribution in [0.4, 0.5) is 0 Å². The van der Waals surface area contributed by atoms with E-state index in [0.29, 0.717) is 19.3 Å². The number of hydrogen-bond acceptors (Lipinski definition) is 10. The van der Waals surface area contributed by atoms with Crippen molar-refractivity contribution in [2.24, 2.45) is 0 Å². The van der Waals surface area contributed by atoms with Crippen LogP contribution in [0.3, 0.4) is 0 Å². The smallest absolute Gasteiger partial charge is 0.462 e. The number of allylic oxidation sites excluding steroid dienone is 10. The molecule has 0 aromatic heterocycles. The van der Waals surface area contributed by atoms with Crippen LogP contribution < -0.4 is 0 Å². The minimum Gasteiger partial charge on any atom is -0.462 e. The molecular weight excluding hydrogens is 904 g/mol. The quantitative estimate of drug-likeness (QED) is 0.0197. The molecule has 0 radical (unpaired) electrons. The molecule has 0 fully saturated rings. The van der Waals surface area contributed by atoms with Gasteiger partial charge in [-0.2, -0.15) is 0 Å². The van der Waals surface area contributed by atoms with Crippen LogP contribution >= 0.6 is 7.82 Å². The average molecular weight is 1010 g/mol. The highest BCUT2D eigenvalue weighted by Crippen LogP contribution is 2.43. The summed E-state index contributed by atoms with van der Waals surface area (Å²) in [5, 5.41) is 9.78. The number of phosphoric acid groups is 1. The Morgan fingerprint density at radius 1 is 0.414 bits per heavy atom. The van der Waals surface area contributed by atoms with Gasteiger partial charge in [0.15, 0.2) is 6.10 Å². The van der Waals surface area contributed by atoms with E-state index in [1.807, 2.05) is 0 Å². The third-order valence-corrected chi connectivity index (χ3v) is 12.9. The summed E-state index contributed by atoms with van der Waals surface area (Å²) in [4.78, 5) is 48.4. The van der Waals surface area contributed by atoms with Crippen molar-refractivity contribution in [3.63, 3.8) is 0 Å². The standard InChI is InChI=1S/C58H103O11P/c1-4-7-10-13-16-19-22-24-26-27-29-30-33-35-38-41-44-47-56(60)65-51-55(69-58(62)49-46-43-40-37-34-31-28-25-23-20-17-14-11-8-5-2)53-67-70(63,64)66-52-54(50-59)68-57(61)48-45-42-39-36-32-21-18-15-12-9-6-3/h7,10,15-16,18-19,24,26,29-30,54-55,59H,4-6,8-9,11-14,17,20-23,25,27-28,31-53H2,1-3H3,(H,63,64)/b10-7-,18-15-,19-16-,26-24-,30-29-. The molecule has 3 atom stereocenters. The van der Waals surface area contributed by atoms with Gasteiger partial charge in [-0.15, -0.1) is 0 Å². The summed E-state index contributed by atoms with van der Waals surface area (Å²) in [5.41, 5.74) is 0. The predicted molar refractivity (Wildman–Crippen MR) is 288 cm³/mol. The molecule has 0 aliphatic carbocycles. The summed E-state index contributed by atoms with van der Waals surface area (Å²) in [6.45, 7) is 4.47. The fourth-order valence-corrected chi connectivity index (χ4v) is 8.41. The van der Waals surface area contributed by atoms with Crippen LogP contribution in [0.5, 0.6) is 0 Å². The van der Waals surface area contributed by atoms with Gasteiger partial charge in [-0.05, 0) is 77.0 Å². The number of rotatable bonds is 52. The molecule has 0 bridgehead atoms. The Bertz CT molecular complexity index is 1410. The number of carbonyl (C=O) groups excluding carboxylic acids is 3. The largest absolute Gasteiger partial charge is 0.472 e.